The lowest BCUT2D eigenvalue weighted by Gasteiger charge is -2.17. The van der Waals surface area contributed by atoms with Crippen molar-refractivity contribution in [2.24, 2.45) is 5.92 Å². The minimum absolute atomic E-state index is 0.309. The molecule has 0 heterocycles. The van der Waals surface area contributed by atoms with Crippen LogP contribution in [0.3, 0.4) is 0 Å². The van der Waals surface area contributed by atoms with E-state index >= 15 is 0 Å². The van der Waals surface area contributed by atoms with Crippen LogP contribution in [0, 0.1) is 5.92 Å². The van der Waals surface area contributed by atoms with Crippen LogP contribution in [-0.2, 0) is 11.2 Å². The number of rotatable bonds is 1. The van der Waals surface area contributed by atoms with E-state index in [0.29, 0.717) is 6.10 Å². The van der Waals surface area contributed by atoms with E-state index in [9.17, 15) is 0 Å². The Morgan fingerprint density at radius 2 is 2.07 bits per heavy atom. The maximum absolute atomic E-state index is 5.57. The SMILES string of the molecule is CO[C@@H]1CC(C)CCc2ccccc21. The highest BCUT2D eigenvalue weighted by Crippen LogP contribution is 2.33. The molecule has 0 amide bonds. The van der Waals surface area contributed by atoms with Crippen molar-refractivity contribution < 1.29 is 4.74 Å². The fourth-order valence-electron chi connectivity index (χ4n) is 2.31. The summed E-state index contributed by atoms with van der Waals surface area (Å²) in [5.74, 6) is 0.771. The lowest BCUT2D eigenvalue weighted by Crippen LogP contribution is -2.04. The summed E-state index contributed by atoms with van der Waals surface area (Å²) in [4.78, 5) is 0. The average molecular weight is 190 g/mol. The maximum Gasteiger partial charge on any atom is 0.0826 e. The van der Waals surface area contributed by atoms with Crippen molar-refractivity contribution >= 4 is 0 Å². The second-order valence-electron chi connectivity index (χ2n) is 4.30. The first kappa shape index (κ1) is 9.72. The molecule has 1 heteroatoms. The number of methoxy groups -OCH3 is 1. The van der Waals surface area contributed by atoms with Gasteiger partial charge in [-0.1, -0.05) is 31.2 Å². The first-order valence-electron chi connectivity index (χ1n) is 5.42. The van der Waals surface area contributed by atoms with E-state index < -0.39 is 0 Å². The largest absolute Gasteiger partial charge is 0.377 e. The Morgan fingerprint density at radius 3 is 2.86 bits per heavy atom. The molecule has 1 unspecified atom stereocenters. The zero-order valence-corrected chi connectivity index (χ0v) is 8.99. The van der Waals surface area contributed by atoms with Crippen molar-refractivity contribution in [3.63, 3.8) is 0 Å². The number of benzene rings is 1. The van der Waals surface area contributed by atoms with E-state index in [0.717, 1.165) is 12.3 Å². The number of hydrogen-bond donors (Lipinski definition) is 0. The van der Waals surface area contributed by atoms with Gasteiger partial charge in [0.15, 0.2) is 0 Å². The van der Waals surface area contributed by atoms with Gasteiger partial charge in [-0.3, -0.25) is 0 Å². The van der Waals surface area contributed by atoms with Gasteiger partial charge in [-0.2, -0.15) is 0 Å². The molecule has 14 heavy (non-hydrogen) atoms. The summed E-state index contributed by atoms with van der Waals surface area (Å²) in [6.07, 6.45) is 3.96. The fourth-order valence-corrected chi connectivity index (χ4v) is 2.31. The lowest BCUT2D eigenvalue weighted by atomic mass is 10.00. The normalized spacial score (nSPS) is 26.7. The lowest BCUT2D eigenvalue weighted by molar-refractivity contribution is 0.0841. The van der Waals surface area contributed by atoms with Crippen molar-refractivity contribution in [3.8, 4) is 0 Å². The molecule has 0 aliphatic heterocycles. The third kappa shape index (κ3) is 1.83. The standard InChI is InChI=1S/C13H18O/c1-10-7-8-11-5-3-4-6-12(11)13(9-10)14-2/h3-6,10,13H,7-9H2,1-2H3/t10?,13-/m1/s1. The first-order valence-corrected chi connectivity index (χ1v) is 5.42. The van der Waals surface area contributed by atoms with E-state index in [2.05, 4.69) is 31.2 Å². The predicted molar refractivity (Wildman–Crippen MR) is 58.3 cm³/mol. The van der Waals surface area contributed by atoms with Gasteiger partial charge in [-0.15, -0.1) is 0 Å². The van der Waals surface area contributed by atoms with Crippen LogP contribution in [0.2, 0.25) is 0 Å². The van der Waals surface area contributed by atoms with E-state index in [1.54, 1.807) is 0 Å². The van der Waals surface area contributed by atoms with Gasteiger partial charge in [0.25, 0.3) is 0 Å². The van der Waals surface area contributed by atoms with Crippen LogP contribution in [0.4, 0.5) is 0 Å². The molecule has 0 spiro atoms. The second-order valence-corrected chi connectivity index (χ2v) is 4.30. The van der Waals surface area contributed by atoms with E-state index in [4.69, 9.17) is 4.74 Å². The van der Waals surface area contributed by atoms with Gasteiger partial charge in [0.1, 0.15) is 0 Å². The molecule has 1 nitrogen and oxygen atoms in total. The fraction of sp³-hybridized carbons (Fsp3) is 0.538. The quantitative estimate of drug-likeness (QED) is 0.617. The molecule has 2 rings (SSSR count). The van der Waals surface area contributed by atoms with E-state index in [1.165, 1.54) is 24.0 Å². The van der Waals surface area contributed by atoms with Crippen molar-refractivity contribution in [3.05, 3.63) is 35.4 Å². The summed E-state index contributed by atoms with van der Waals surface area (Å²) in [5.41, 5.74) is 2.88. The van der Waals surface area contributed by atoms with Crippen molar-refractivity contribution in [2.75, 3.05) is 7.11 Å². The minimum atomic E-state index is 0.309. The Hall–Kier alpha value is -0.820. The molecule has 0 N–H and O–H groups in total. The third-order valence-electron chi connectivity index (χ3n) is 3.21. The number of ether oxygens (including phenoxy) is 1. The monoisotopic (exact) mass is 190 g/mol. The number of hydrogen-bond acceptors (Lipinski definition) is 1. The molecule has 0 saturated heterocycles. The Kier molecular flexibility index (Phi) is 2.87. The van der Waals surface area contributed by atoms with Gasteiger partial charge in [-0.05, 0) is 36.3 Å². The van der Waals surface area contributed by atoms with Gasteiger partial charge in [0.05, 0.1) is 6.10 Å². The minimum Gasteiger partial charge on any atom is -0.377 e. The molecule has 0 bridgehead atoms. The van der Waals surface area contributed by atoms with E-state index in [-0.39, 0.29) is 0 Å². The highest BCUT2D eigenvalue weighted by molar-refractivity contribution is 5.30. The summed E-state index contributed by atoms with van der Waals surface area (Å²) in [6.45, 7) is 2.32. The molecule has 0 fully saturated rings. The maximum atomic E-state index is 5.57. The summed E-state index contributed by atoms with van der Waals surface area (Å²) in [6, 6.07) is 8.68. The van der Waals surface area contributed by atoms with Crippen LogP contribution in [0.15, 0.2) is 24.3 Å². The Morgan fingerprint density at radius 1 is 1.29 bits per heavy atom. The zero-order valence-electron chi connectivity index (χ0n) is 8.99. The summed E-state index contributed by atoms with van der Waals surface area (Å²) in [7, 11) is 1.82. The summed E-state index contributed by atoms with van der Waals surface area (Å²) >= 11 is 0. The summed E-state index contributed by atoms with van der Waals surface area (Å²) < 4.78 is 5.57. The van der Waals surface area contributed by atoms with Crippen LogP contribution in [0.1, 0.15) is 37.0 Å². The van der Waals surface area contributed by atoms with E-state index in [1.807, 2.05) is 7.11 Å². The van der Waals surface area contributed by atoms with Crippen LogP contribution in [0.25, 0.3) is 0 Å². The van der Waals surface area contributed by atoms with Crippen molar-refractivity contribution in [1.82, 2.24) is 0 Å². The van der Waals surface area contributed by atoms with Crippen LogP contribution < -0.4 is 0 Å². The molecule has 1 aliphatic rings. The molecule has 76 valence electrons. The van der Waals surface area contributed by atoms with Gasteiger partial charge in [-0.25, -0.2) is 0 Å². The Labute approximate surface area is 86.1 Å². The van der Waals surface area contributed by atoms with Crippen LogP contribution >= 0.6 is 0 Å². The highest BCUT2D eigenvalue weighted by Gasteiger charge is 2.21. The molecular weight excluding hydrogens is 172 g/mol. The molecule has 1 aliphatic carbocycles. The van der Waals surface area contributed by atoms with Gasteiger partial charge >= 0.3 is 0 Å². The molecule has 1 aromatic carbocycles. The smallest absolute Gasteiger partial charge is 0.0826 e. The molecule has 0 radical (unpaired) electrons. The Bertz CT molecular complexity index is 306. The van der Waals surface area contributed by atoms with Gasteiger partial charge in [0, 0.05) is 7.11 Å². The molecular formula is C13H18O. The Balaban J connectivity index is 2.34. The predicted octanol–water partition coefficient (Wildman–Crippen LogP) is 3.35. The topological polar surface area (TPSA) is 9.23 Å². The number of aryl methyl sites for hydroxylation is 1. The highest BCUT2D eigenvalue weighted by atomic mass is 16.5. The average Bonchev–Trinajstić information content (AvgIpc) is 2.38. The van der Waals surface area contributed by atoms with Crippen LogP contribution in [-0.4, -0.2) is 7.11 Å². The van der Waals surface area contributed by atoms with Gasteiger partial charge < -0.3 is 4.74 Å². The third-order valence-corrected chi connectivity index (χ3v) is 3.21. The number of fused-ring (bicyclic) bond motifs is 1. The van der Waals surface area contributed by atoms with Crippen molar-refractivity contribution in [1.29, 1.82) is 0 Å². The molecule has 0 saturated carbocycles. The molecule has 0 aromatic heterocycles. The zero-order chi connectivity index (χ0) is 9.97. The van der Waals surface area contributed by atoms with Crippen molar-refractivity contribution in [2.45, 2.75) is 32.3 Å². The molecule has 1 aromatic rings. The first-order chi connectivity index (χ1) is 6.81. The molecule has 2 atom stereocenters. The van der Waals surface area contributed by atoms with Crippen LogP contribution in [0.5, 0.6) is 0 Å². The second kappa shape index (κ2) is 4.14. The van der Waals surface area contributed by atoms with Gasteiger partial charge in [0.2, 0.25) is 0 Å². The summed E-state index contributed by atoms with van der Waals surface area (Å²) in [5, 5.41) is 0.